The van der Waals surface area contributed by atoms with Gasteiger partial charge >= 0.3 is 0 Å². The van der Waals surface area contributed by atoms with Crippen LogP contribution < -0.4 is 5.32 Å². The number of rotatable bonds is 7. The molecule has 0 saturated carbocycles. The predicted octanol–water partition coefficient (Wildman–Crippen LogP) is 3.79. The first-order valence-electron chi connectivity index (χ1n) is 6.71. The van der Waals surface area contributed by atoms with Crippen LogP contribution in [-0.2, 0) is 6.54 Å². The maximum Gasteiger partial charge on any atom is 0.126 e. The Morgan fingerprint density at radius 1 is 1.33 bits per heavy atom. The van der Waals surface area contributed by atoms with Crippen molar-refractivity contribution in [3.63, 3.8) is 0 Å². The average molecular weight is 270 g/mol. The van der Waals surface area contributed by atoms with E-state index in [2.05, 4.69) is 42.9 Å². The molecule has 1 aromatic rings. The lowest BCUT2D eigenvalue weighted by Gasteiger charge is -2.26. The minimum atomic E-state index is 0.505. The lowest BCUT2D eigenvalue weighted by molar-refractivity contribution is 0.211. The molecule has 1 heterocycles. The summed E-state index contributed by atoms with van der Waals surface area (Å²) in [6.07, 6.45) is 1.14. The first kappa shape index (κ1) is 15.3. The van der Waals surface area contributed by atoms with E-state index in [1.807, 2.05) is 12.1 Å². The summed E-state index contributed by atoms with van der Waals surface area (Å²) in [6.45, 7) is 11.4. The Labute approximate surface area is 116 Å². The number of pyridine rings is 1. The van der Waals surface area contributed by atoms with E-state index in [0.717, 1.165) is 42.6 Å². The maximum atomic E-state index is 6.23. The molecule has 0 unspecified atom stereocenters. The fraction of sp³-hybridized carbons (Fsp3) is 0.643. The van der Waals surface area contributed by atoms with Crippen molar-refractivity contribution in [2.45, 2.75) is 46.7 Å². The Bertz CT molecular complexity index is 366. The van der Waals surface area contributed by atoms with Crippen molar-refractivity contribution < 1.29 is 0 Å². The molecule has 0 bridgehead atoms. The van der Waals surface area contributed by atoms with Crippen molar-refractivity contribution in [3.8, 4) is 0 Å². The molecule has 1 aromatic heterocycles. The summed E-state index contributed by atoms with van der Waals surface area (Å²) < 4.78 is 0. The third kappa shape index (κ3) is 4.46. The minimum Gasteiger partial charge on any atom is -0.370 e. The average Bonchev–Trinajstić information content (AvgIpc) is 2.33. The van der Waals surface area contributed by atoms with Crippen LogP contribution in [0.25, 0.3) is 0 Å². The second-order valence-electron chi connectivity index (χ2n) is 4.72. The summed E-state index contributed by atoms with van der Waals surface area (Å²) in [4.78, 5) is 6.97. The number of aromatic nitrogens is 1. The molecular weight excluding hydrogens is 246 g/mol. The number of hydrogen-bond donors (Lipinski definition) is 1. The number of anilines is 1. The molecule has 0 aliphatic carbocycles. The van der Waals surface area contributed by atoms with E-state index in [0.29, 0.717) is 6.04 Å². The summed E-state index contributed by atoms with van der Waals surface area (Å²) in [5.41, 5.74) is 0.956. The molecule has 0 aromatic carbocycles. The zero-order valence-electron chi connectivity index (χ0n) is 11.8. The van der Waals surface area contributed by atoms with Gasteiger partial charge in [0.1, 0.15) is 5.82 Å². The van der Waals surface area contributed by atoms with Gasteiger partial charge in [0.2, 0.25) is 0 Å². The highest BCUT2D eigenvalue weighted by Crippen LogP contribution is 2.19. The Morgan fingerprint density at radius 3 is 2.61 bits per heavy atom. The molecule has 0 spiro atoms. The Hall–Kier alpha value is -0.800. The van der Waals surface area contributed by atoms with Crippen molar-refractivity contribution in [1.29, 1.82) is 0 Å². The normalized spacial score (nSPS) is 11.3. The van der Waals surface area contributed by atoms with Crippen LogP contribution in [0.5, 0.6) is 0 Å². The lowest BCUT2D eigenvalue weighted by Crippen LogP contribution is -2.31. The topological polar surface area (TPSA) is 28.2 Å². The molecule has 18 heavy (non-hydrogen) atoms. The van der Waals surface area contributed by atoms with Crippen LogP contribution in [0.3, 0.4) is 0 Å². The molecule has 0 aliphatic heterocycles. The van der Waals surface area contributed by atoms with Gasteiger partial charge in [-0.1, -0.05) is 18.5 Å². The second kappa shape index (κ2) is 7.59. The zero-order valence-corrected chi connectivity index (χ0v) is 12.6. The van der Waals surface area contributed by atoms with Gasteiger partial charge < -0.3 is 5.32 Å². The van der Waals surface area contributed by atoms with Crippen molar-refractivity contribution in [1.82, 2.24) is 9.88 Å². The highest BCUT2D eigenvalue weighted by Gasteiger charge is 2.12. The van der Waals surface area contributed by atoms with Crippen LogP contribution in [0.4, 0.5) is 5.82 Å². The van der Waals surface area contributed by atoms with Crippen molar-refractivity contribution >= 4 is 17.4 Å². The minimum absolute atomic E-state index is 0.505. The number of halogens is 1. The highest BCUT2D eigenvalue weighted by molar-refractivity contribution is 6.31. The monoisotopic (exact) mass is 269 g/mol. The van der Waals surface area contributed by atoms with E-state index < -0.39 is 0 Å². The number of nitrogens with one attached hydrogen (secondary N) is 1. The van der Waals surface area contributed by atoms with Gasteiger partial charge in [-0.2, -0.15) is 0 Å². The van der Waals surface area contributed by atoms with E-state index in [9.17, 15) is 0 Å². The van der Waals surface area contributed by atoms with Gasteiger partial charge in [0.15, 0.2) is 0 Å². The smallest absolute Gasteiger partial charge is 0.126 e. The fourth-order valence-electron chi connectivity index (χ4n) is 1.87. The van der Waals surface area contributed by atoms with Gasteiger partial charge in [-0.05, 0) is 45.9 Å². The Morgan fingerprint density at radius 2 is 2.06 bits per heavy atom. The summed E-state index contributed by atoms with van der Waals surface area (Å²) in [5.74, 6) is 0.900. The summed E-state index contributed by atoms with van der Waals surface area (Å²) in [7, 11) is 0. The molecular formula is C14H24ClN3. The van der Waals surface area contributed by atoms with Gasteiger partial charge in [-0.15, -0.1) is 0 Å². The second-order valence-corrected chi connectivity index (χ2v) is 5.13. The molecule has 0 radical (unpaired) electrons. The van der Waals surface area contributed by atoms with Crippen LogP contribution in [-0.4, -0.2) is 29.0 Å². The predicted molar refractivity (Wildman–Crippen MR) is 79.2 cm³/mol. The van der Waals surface area contributed by atoms with Crippen molar-refractivity contribution in [2.75, 3.05) is 18.4 Å². The van der Waals surface area contributed by atoms with Crippen LogP contribution in [0, 0.1) is 0 Å². The summed E-state index contributed by atoms with van der Waals surface area (Å²) >= 11 is 6.23. The Kier molecular flexibility index (Phi) is 6.44. The molecule has 4 heteroatoms. The highest BCUT2D eigenvalue weighted by atomic mass is 35.5. The molecule has 1 rings (SSSR count). The largest absolute Gasteiger partial charge is 0.370 e. The van der Waals surface area contributed by atoms with Crippen LogP contribution >= 0.6 is 11.6 Å². The van der Waals surface area contributed by atoms with Gasteiger partial charge in [0.05, 0.1) is 10.7 Å². The molecule has 0 aliphatic rings. The van der Waals surface area contributed by atoms with E-state index in [-0.39, 0.29) is 0 Å². The van der Waals surface area contributed by atoms with E-state index in [1.54, 1.807) is 0 Å². The number of nitrogens with zero attached hydrogens (tertiary/aromatic N) is 2. The van der Waals surface area contributed by atoms with Gasteiger partial charge in [-0.25, -0.2) is 4.98 Å². The maximum absolute atomic E-state index is 6.23. The van der Waals surface area contributed by atoms with Crippen LogP contribution in [0.1, 0.15) is 39.8 Å². The first-order valence-corrected chi connectivity index (χ1v) is 7.09. The van der Waals surface area contributed by atoms with Crippen LogP contribution in [0.15, 0.2) is 12.1 Å². The standard InChI is InChI=1S/C14H24ClN3/c1-5-9-18(11(3)4)10-13-12(15)7-8-14(17-13)16-6-2/h7-8,11H,5-6,9-10H2,1-4H3,(H,16,17). The molecule has 0 fully saturated rings. The first-order chi connectivity index (χ1) is 8.58. The summed E-state index contributed by atoms with van der Waals surface area (Å²) in [5, 5.41) is 3.97. The Balaban J connectivity index is 2.83. The molecule has 102 valence electrons. The number of hydrogen-bond acceptors (Lipinski definition) is 3. The van der Waals surface area contributed by atoms with Crippen LogP contribution in [0.2, 0.25) is 5.02 Å². The molecule has 0 amide bonds. The summed E-state index contributed by atoms with van der Waals surface area (Å²) in [6, 6.07) is 4.35. The van der Waals surface area contributed by atoms with Crippen molar-refractivity contribution in [2.24, 2.45) is 0 Å². The van der Waals surface area contributed by atoms with E-state index in [1.165, 1.54) is 0 Å². The van der Waals surface area contributed by atoms with Gasteiger partial charge in [-0.3, -0.25) is 4.90 Å². The molecule has 0 atom stereocenters. The van der Waals surface area contributed by atoms with Crippen molar-refractivity contribution in [3.05, 3.63) is 22.8 Å². The molecule has 1 N–H and O–H groups in total. The SMILES string of the molecule is CCCN(Cc1nc(NCC)ccc1Cl)C(C)C. The van der Waals surface area contributed by atoms with E-state index >= 15 is 0 Å². The third-order valence-electron chi connectivity index (χ3n) is 2.87. The molecule has 3 nitrogen and oxygen atoms in total. The zero-order chi connectivity index (χ0) is 13.5. The van der Waals surface area contributed by atoms with E-state index in [4.69, 9.17) is 11.6 Å². The molecule has 0 saturated heterocycles. The third-order valence-corrected chi connectivity index (χ3v) is 3.21. The quantitative estimate of drug-likeness (QED) is 0.816. The lowest BCUT2D eigenvalue weighted by atomic mass is 10.2. The fourth-order valence-corrected chi connectivity index (χ4v) is 2.04. The van der Waals surface area contributed by atoms with Gasteiger partial charge in [0.25, 0.3) is 0 Å². The van der Waals surface area contributed by atoms with Gasteiger partial charge in [0, 0.05) is 19.1 Å².